The molecule has 0 fully saturated rings. The van der Waals surface area contributed by atoms with E-state index in [9.17, 15) is 14.7 Å². The zero-order valence-corrected chi connectivity index (χ0v) is 34.1. The van der Waals surface area contributed by atoms with Crippen LogP contribution in [0.4, 0.5) is 0 Å². The van der Waals surface area contributed by atoms with Gasteiger partial charge < -0.3 is 14.6 Å². The van der Waals surface area contributed by atoms with Crippen LogP contribution in [0.2, 0.25) is 0 Å². The van der Waals surface area contributed by atoms with Gasteiger partial charge in [-0.25, -0.2) is 0 Å². The molecule has 0 radical (unpaired) electrons. The van der Waals surface area contributed by atoms with E-state index in [2.05, 4.69) is 20.8 Å². The molecule has 0 amide bonds. The fraction of sp³-hybridized carbons (Fsp3) is 0.956. The van der Waals surface area contributed by atoms with Gasteiger partial charge in [0.05, 0.1) is 0 Å². The first-order valence-corrected chi connectivity index (χ1v) is 22.5. The second-order valence-electron chi connectivity index (χ2n) is 15.8. The minimum atomic E-state index is -0.955. The minimum absolute atomic E-state index is 0.107. The lowest BCUT2D eigenvalue weighted by Crippen LogP contribution is -2.25. The minimum Gasteiger partial charge on any atom is -0.463 e. The first-order valence-electron chi connectivity index (χ1n) is 22.5. The molecule has 0 bridgehead atoms. The van der Waals surface area contributed by atoms with Crippen LogP contribution in [-0.4, -0.2) is 36.4 Å². The molecule has 0 rings (SSSR count). The largest absolute Gasteiger partial charge is 0.463 e. The second kappa shape index (κ2) is 40.7. The molecule has 0 saturated carbocycles. The van der Waals surface area contributed by atoms with Gasteiger partial charge >= 0.3 is 11.9 Å². The maximum Gasteiger partial charge on any atom is 0.305 e. The van der Waals surface area contributed by atoms with Crippen LogP contribution in [0.3, 0.4) is 0 Å². The Hall–Kier alpha value is -1.10. The van der Waals surface area contributed by atoms with E-state index in [-0.39, 0.29) is 25.2 Å². The summed E-state index contributed by atoms with van der Waals surface area (Å²) < 4.78 is 10.4. The molecule has 0 heterocycles. The van der Waals surface area contributed by atoms with Crippen LogP contribution in [-0.2, 0) is 19.1 Å². The first kappa shape index (κ1) is 48.9. The number of rotatable bonds is 41. The maximum absolute atomic E-state index is 12.0. The number of hydrogen-bond acceptors (Lipinski definition) is 5. The monoisotopic (exact) mass is 709 g/mol. The summed E-state index contributed by atoms with van der Waals surface area (Å²) in [5.74, 6) is 0.369. The van der Waals surface area contributed by atoms with Gasteiger partial charge in [0.1, 0.15) is 19.3 Å². The van der Waals surface area contributed by atoms with Crippen molar-refractivity contribution < 1.29 is 24.2 Å². The average molecular weight is 709 g/mol. The topological polar surface area (TPSA) is 72.8 Å². The van der Waals surface area contributed by atoms with Crippen LogP contribution in [0.1, 0.15) is 252 Å². The van der Waals surface area contributed by atoms with E-state index >= 15 is 0 Å². The van der Waals surface area contributed by atoms with Gasteiger partial charge in [0.25, 0.3) is 0 Å². The van der Waals surface area contributed by atoms with Crippen LogP contribution >= 0.6 is 0 Å². The van der Waals surface area contributed by atoms with Crippen molar-refractivity contribution in [2.24, 2.45) is 5.92 Å². The van der Waals surface area contributed by atoms with Crippen LogP contribution in [0.5, 0.6) is 0 Å². The average Bonchev–Trinajstić information content (AvgIpc) is 3.12. The Bertz CT molecular complexity index is 695. The Kier molecular flexibility index (Phi) is 39.8. The number of esters is 2. The van der Waals surface area contributed by atoms with Crippen molar-refractivity contribution in [3.8, 4) is 0 Å². The van der Waals surface area contributed by atoms with Gasteiger partial charge in [-0.05, 0) is 18.8 Å². The molecule has 1 N–H and O–H groups in total. The second-order valence-corrected chi connectivity index (χ2v) is 15.8. The van der Waals surface area contributed by atoms with Gasteiger partial charge in [-0.15, -0.1) is 0 Å². The quantitative estimate of drug-likeness (QED) is 0.0505. The van der Waals surface area contributed by atoms with Crippen molar-refractivity contribution >= 4 is 11.9 Å². The fourth-order valence-corrected chi connectivity index (χ4v) is 6.83. The Labute approximate surface area is 312 Å². The number of aliphatic hydroxyl groups is 1. The number of unbranched alkanes of at least 4 members (excludes halogenated alkanes) is 30. The highest BCUT2D eigenvalue weighted by molar-refractivity contribution is 5.69. The van der Waals surface area contributed by atoms with Gasteiger partial charge in [0, 0.05) is 12.8 Å². The van der Waals surface area contributed by atoms with E-state index in [1.807, 2.05) is 0 Å². The van der Waals surface area contributed by atoms with Crippen molar-refractivity contribution in [2.75, 3.05) is 13.2 Å². The van der Waals surface area contributed by atoms with Crippen molar-refractivity contribution in [2.45, 2.75) is 258 Å². The Morgan fingerprint density at radius 2 is 0.680 bits per heavy atom. The number of aliphatic hydroxyl groups excluding tert-OH is 1. The van der Waals surface area contributed by atoms with Crippen LogP contribution < -0.4 is 0 Å². The SMILES string of the molecule is CCCCCCCCCCCCCCCCC(=O)OC[C@@H](O)COC(=O)CCCCCCCCCCCCCCCCCCCCC(C)CC. The zero-order chi connectivity index (χ0) is 36.6. The van der Waals surface area contributed by atoms with Crippen LogP contribution in [0.25, 0.3) is 0 Å². The highest BCUT2D eigenvalue weighted by Gasteiger charge is 2.12. The van der Waals surface area contributed by atoms with E-state index in [1.54, 1.807) is 0 Å². The third kappa shape index (κ3) is 39.7. The highest BCUT2D eigenvalue weighted by atomic mass is 16.6. The molecular formula is C45H88O5. The lowest BCUT2D eigenvalue weighted by atomic mass is 9.99. The van der Waals surface area contributed by atoms with Crippen molar-refractivity contribution in [1.29, 1.82) is 0 Å². The molecule has 5 nitrogen and oxygen atoms in total. The van der Waals surface area contributed by atoms with E-state index in [1.165, 1.54) is 193 Å². The molecule has 298 valence electrons. The van der Waals surface area contributed by atoms with Gasteiger partial charge in [-0.2, -0.15) is 0 Å². The summed E-state index contributed by atoms with van der Waals surface area (Å²) in [6.45, 7) is 6.74. The zero-order valence-electron chi connectivity index (χ0n) is 34.1. The molecule has 0 aliphatic heterocycles. The summed E-state index contributed by atoms with van der Waals surface area (Å²) in [6, 6.07) is 0. The molecule has 0 aromatic rings. The summed E-state index contributed by atoms with van der Waals surface area (Å²) >= 11 is 0. The summed E-state index contributed by atoms with van der Waals surface area (Å²) in [4.78, 5) is 24.0. The standard InChI is InChI=1S/C45H88O5/c1-4-6-7-8-9-10-11-12-20-23-26-29-32-35-38-44(47)49-40-43(46)41-50-45(48)39-36-33-30-27-24-21-18-16-14-13-15-17-19-22-25-28-31-34-37-42(3)5-2/h42-43,46H,4-41H2,1-3H3/t42?,43-/m1/s1. The summed E-state index contributed by atoms with van der Waals surface area (Å²) in [6.07, 6.45) is 44.5. The lowest BCUT2D eigenvalue weighted by Gasteiger charge is -2.12. The van der Waals surface area contributed by atoms with Crippen molar-refractivity contribution in [3.63, 3.8) is 0 Å². The molecule has 0 aromatic heterocycles. The number of ether oxygens (including phenoxy) is 2. The molecule has 5 heteroatoms. The van der Waals surface area contributed by atoms with Crippen LogP contribution in [0.15, 0.2) is 0 Å². The van der Waals surface area contributed by atoms with Gasteiger partial charge in [-0.3, -0.25) is 9.59 Å². The Morgan fingerprint density at radius 1 is 0.420 bits per heavy atom. The molecule has 2 atom stereocenters. The number of carbonyl (C=O) groups excluding carboxylic acids is 2. The van der Waals surface area contributed by atoms with E-state index < -0.39 is 6.10 Å². The van der Waals surface area contributed by atoms with Crippen molar-refractivity contribution in [1.82, 2.24) is 0 Å². The highest BCUT2D eigenvalue weighted by Crippen LogP contribution is 2.17. The van der Waals surface area contributed by atoms with E-state index in [4.69, 9.17) is 9.47 Å². The molecular weight excluding hydrogens is 620 g/mol. The van der Waals surface area contributed by atoms with E-state index in [0.717, 1.165) is 31.6 Å². The van der Waals surface area contributed by atoms with Gasteiger partial charge in [0.2, 0.25) is 0 Å². The third-order valence-electron chi connectivity index (χ3n) is 10.6. The summed E-state index contributed by atoms with van der Waals surface area (Å²) in [5, 5.41) is 10.0. The molecule has 0 aromatic carbocycles. The maximum atomic E-state index is 12.0. The van der Waals surface area contributed by atoms with Crippen LogP contribution in [0, 0.1) is 5.92 Å². The predicted octanol–water partition coefficient (Wildman–Crippen LogP) is 14.2. The number of carbonyl (C=O) groups is 2. The number of hydrogen-bond donors (Lipinski definition) is 1. The summed E-state index contributed by atoms with van der Waals surface area (Å²) in [7, 11) is 0. The first-order chi connectivity index (χ1) is 24.5. The molecule has 0 aliphatic rings. The smallest absolute Gasteiger partial charge is 0.305 e. The van der Waals surface area contributed by atoms with Crippen molar-refractivity contribution in [3.05, 3.63) is 0 Å². The van der Waals surface area contributed by atoms with E-state index in [0.29, 0.717) is 12.8 Å². The van der Waals surface area contributed by atoms with Gasteiger partial charge in [0.15, 0.2) is 0 Å². The summed E-state index contributed by atoms with van der Waals surface area (Å²) in [5.41, 5.74) is 0. The molecule has 50 heavy (non-hydrogen) atoms. The predicted molar refractivity (Wildman–Crippen MR) is 215 cm³/mol. The third-order valence-corrected chi connectivity index (χ3v) is 10.6. The lowest BCUT2D eigenvalue weighted by molar-refractivity contribution is -0.152. The Morgan fingerprint density at radius 3 is 0.960 bits per heavy atom. The molecule has 1 unspecified atom stereocenters. The fourth-order valence-electron chi connectivity index (χ4n) is 6.83. The molecule has 0 saturated heterocycles. The van der Waals surface area contributed by atoms with Gasteiger partial charge in [-0.1, -0.05) is 226 Å². The molecule has 0 aliphatic carbocycles. The Balaban J connectivity index is 3.35. The molecule has 0 spiro atoms. The normalized spacial score (nSPS) is 12.6.